The molecule has 1 aliphatic heterocycles. The summed E-state index contributed by atoms with van der Waals surface area (Å²) in [5.74, 6) is -3.17. The first-order valence-electron chi connectivity index (χ1n) is 9.27. The van der Waals surface area contributed by atoms with Crippen LogP contribution in [-0.4, -0.2) is 24.0 Å². The highest BCUT2D eigenvalue weighted by molar-refractivity contribution is 6.06. The fourth-order valence-corrected chi connectivity index (χ4v) is 3.68. The lowest BCUT2D eigenvalue weighted by atomic mass is 9.95. The number of anilines is 1. The second-order valence-corrected chi connectivity index (χ2v) is 7.05. The summed E-state index contributed by atoms with van der Waals surface area (Å²) in [4.78, 5) is 27.3. The number of halogens is 2. The van der Waals surface area contributed by atoms with Crippen LogP contribution in [0.1, 0.15) is 23.3 Å². The molecule has 0 saturated carbocycles. The lowest BCUT2D eigenvalue weighted by Crippen LogP contribution is -2.42. The van der Waals surface area contributed by atoms with Crippen molar-refractivity contribution in [2.75, 3.05) is 11.9 Å². The van der Waals surface area contributed by atoms with Gasteiger partial charge in [0.15, 0.2) is 6.10 Å². The third-order valence-electron chi connectivity index (χ3n) is 5.14. The van der Waals surface area contributed by atoms with Gasteiger partial charge in [0.25, 0.3) is 11.8 Å². The van der Waals surface area contributed by atoms with Crippen molar-refractivity contribution in [1.29, 1.82) is 0 Å². The van der Waals surface area contributed by atoms with Gasteiger partial charge in [-0.25, -0.2) is 8.78 Å². The number of amides is 2. The van der Waals surface area contributed by atoms with Crippen LogP contribution in [0.4, 0.5) is 14.5 Å². The van der Waals surface area contributed by atoms with E-state index >= 15 is 0 Å². The summed E-state index contributed by atoms with van der Waals surface area (Å²) in [6.07, 6.45) is -1.84. The Hall–Kier alpha value is -3.58. The highest BCUT2D eigenvalue weighted by Gasteiger charge is 2.34. The van der Waals surface area contributed by atoms with E-state index in [1.165, 1.54) is 4.90 Å². The molecule has 2 N–H and O–H groups in total. The van der Waals surface area contributed by atoms with Gasteiger partial charge >= 0.3 is 0 Å². The third kappa shape index (κ3) is 3.44. The average molecular weight is 408 g/mol. The summed E-state index contributed by atoms with van der Waals surface area (Å²) < 4.78 is 27.0. The maximum Gasteiger partial charge on any atom is 0.254 e. The fraction of sp³-hybridized carbons (Fsp3) is 0.130. The second-order valence-electron chi connectivity index (χ2n) is 7.05. The Morgan fingerprint density at radius 2 is 1.60 bits per heavy atom. The number of carbonyl (C=O) groups excluding carboxylic acids is 2. The highest BCUT2D eigenvalue weighted by atomic mass is 19.1. The van der Waals surface area contributed by atoms with E-state index in [9.17, 15) is 23.5 Å². The number of para-hydroxylation sites is 1. The van der Waals surface area contributed by atoms with Crippen molar-refractivity contribution in [3.63, 3.8) is 0 Å². The van der Waals surface area contributed by atoms with Gasteiger partial charge in [0.05, 0.1) is 5.69 Å². The molecule has 5 nitrogen and oxygen atoms in total. The first kappa shape index (κ1) is 19.7. The molecule has 1 aliphatic rings. The standard InChI is InChI=1S/C23H18F2N2O3/c1-27-19-9-5-4-7-17(19)16-6-2-3-8-18(16)20(23(27)30)26-22(29)21(28)13-10-14(24)12-15(25)11-13/h2-12,20-21,28H,1H3,(H,26,29). The molecule has 0 radical (unpaired) electrons. The van der Waals surface area contributed by atoms with Crippen LogP contribution in [0, 0.1) is 11.6 Å². The lowest BCUT2D eigenvalue weighted by Gasteiger charge is -2.24. The maximum atomic E-state index is 13.5. The molecule has 2 unspecified atom stereocenters. The number of aliphatic hydroxyl groups excluding tert-OH is 1. The number of nitrogens with one attached hydrogen (secondary N) is 1. The molecule has 7 heteroatoms. The first-order valence-corrected chi connectivity index (χ1v) is 9.27. The van der Waals surface area contributed by atoms with Crippen LogP contribution in [0.25, 0.3) is 11.1 Å². The van der Waals surface area contributed by atoms with Crippen LogP contribution >= 0.6 is 0 Å². The van der Waals surface area contributed by atoms with Gasteiger partial charge in [-0.1, -0.05) is 42.5 Å². The van der Waals surface area contributed by atoms with Crippen molar-refractivity contribution in [2.45, 2.75) is 12.1 Å². The molecule has 3 aromatic rings. The molecule has 4 rings (SSSR count). The minimum absolute atomic E-state index is 0.240. The van der Waals surface area contributed by atoms with E-state index in [0.29, 0.717) is 17.3 Å². The van der Waals surface area contributed by atoms with E-state index in [0.717, 1.165) is 23.3 Å². The second kappa shape index (κ2) is 7.68. The van der Waals surface area contributed by atoms with Gasteiger partial charge in [-0.3, -0.25) is 9.59 Å². The summed E-state index contributed by atoms with van der Waals surface area (Å²) in [6.45, 7) is 0. The Bertz CT molecular complexity index is 1130. The number of carbonyl (C=O) groups is 2. The number of rotatable bonds is 3. The Balaban J connectivity index is 1.72. The maximum absolute atomic E-state index is 13.5. The van der Waals surface area contributed by atoms with Crippen LogP contribution in [0.15, 0.2) is 66.7 Å². The number of aliphatic hydroxyl groups is 1. The summed E-state index contributed by atoms with van der Waals surface area (Å²) in [5, 5.41) is 12.9. The molecule has 0 aromatic heterocycles. The van der Waals surface area contributed by atoms with E-state index in [4.69, 9.17) is 0 Å². The Morgan fingerprint density at radius 1 is 1.00 bits per heavy atom. The van der Waals surface area contributed by atoms with Crippen LogP contribution < -0.4 is 10.2 Å². The topological polar surface area (TPSA) is 69.6 Å². The predicted octanol–water partition coefficient (Wildman–Crippen LogP) is 3.50. The average Bonchev–Trinajstić information content (AvgIpc) is 2.82. The monoisotopic (exact) mass is 408 g/mol. The van der Waals surface area contributed by atoms with Crippen molar-refractivity contribution >= 4 is 17.5 Å². The molecule has 1 heterocycles. The van der Waals surface area contributed by atoms with Gasteiger partial charge in [0, 0.05) is 18.7 Å². The fourth-order valence-electron chi connectivity index (χ4n) is 3.68. The number of nitrogens with zero attached hydrogens (tertiary/aromatic N) is 1. The van der Waals surface area contributed by atoms with Crippen LogP contribution in [0.3, 0.4) is 0 Å². The summed E-state index contributed by atoms with van der Waals surface area (Å²) in [7, 11) is 1.60. The van der Waals surface area contributed by atoms with E-state index in [1.54, 1.807) is 25.2 Å². The Kier molecular flexibility index (Phi) is 5.05. The Labute approximate surface area is 171 Å². The summed E-state index contributed by atoms with van der Waals surface area (Å²) in [6, 6.07) is 15.8. The zero-order valence-corrected chi connectivity index (χ0v) is 16.0. The van der Waals surface area contributed by atoms with Gasteiger partial charge in [-0.15, -0.1) is 0 Å². The van der Waals surface area contributed by atoms with E-state index in [1.807, 2.05) is 30.3 Å². The quantitative estimate of drug-likeness (QED) is 0.697. The number of hydrogen-bond donors (Lipinski definition) is 2. The highest BCUT2D eigenvalue weighted by Crippen LogP contribution is 2.39. The van der Waals surface area contributed by atoms with Crippen molar-refractivity contribution < 1.29 is 23.5 Å². The lowest BCUT2D eigenvalue weighted by molar-refractivity contribution is -0.133. The number of fused-ring (bicyclic) bond motifs is 3. The number of benzene rings is 3. The molecular weight excluding hydrogens is 390 g/mol. The largest absolute Gasteiger partial charge is 0.378 e. The van der Waals surface area contributed by atoms with Gasteiger partial charge in [-0.05, 0) is 34.9 Å². The molecule has 152 valence electrons. The number of hydrogen-bond acceptors (Lipinski definition) is 3. The molecule has 3 aromatic carbocycles. The normalized spacial score (nSPS) is 16.3. The predicted molar refractivity (Wildman–Crippen MR) is 107 cm³/mol. The molecule has 2 amide bonds. The third-order valence-corrected chi connectivity index (χ3v) is 5.14. The summed E-state index contributed by atoms with van der Waals surface area (Å²) in [5.41, 5.74) is 2.59. The minimum Gasteiger partial charge on any atom is -0.378 e. The summed E-state index contributed by atoms with van der Waals surface area (Å²) >= 11 is 0. The molecule has 0 fully saturated rings. The van der Waals surface area contributed by atoms with Gasteiger partial charge in [0.1, 0.15) is 17.7 Å². The molecule has 2 atom stereocenters. The van der Waals surface area contributed by atoms with E-state index in [2.05, 4.69) is 5.32 Å². The van der Waals surface area contributed by atoms with Crippen molar-refractivity contribution in [3.8, 4) is 11.1 Å². The Morgan fingerprint density at radius 3 is 2.30 bits per heavy atom. The van der Waals surface area contributed by atoms with Crippen LogP contribution in [0.2, 0.25) is 0 Å². The number of likely N-dealkylation sites (N-methyl/N-ethyl adjacent to an activating group) is 1. The zero-order chi connectivity index (χ0) is 21.4. The molecule has 30 heavy (non-hydrogen) atoms. The van der Waals surface area contributed by atoms with Gasteiger partial charge < -0.3 is 15.3 Å². The van der Waals surface area contributed by atoms with Crippen molar-refractivity contribution in [2.24, 2.45) is 0 Å². The SMILES string of the molecule is CN1C(=O)C(NC(=O)C(O)c2cc(F)cc(F)c2)c2ccccc2-c2ccccc21. The van der Waals surface area contributed by atoms with Crippen LogP contribution in [-0.2, 0) is 9.59 Å². The van der Waals surface area contributed by atoms with Crippen molar-refractivity contribution in [3.05, 3.63) is 89.5 Å². The van der Waals surface area contributed by atoms with Gasteiger partial charge in [-0.2, -0.15) is 0 Å². The minimum atomic E-state index is -1.84. The molecule has 0 spiro atoms. The van der Waals surface area contributed by atoms with E-state index < -0.39 is 35.6 Å². The zero-order valence-electron chi connectivity index (χ0n) is 16.0. The smallest absolute Gasteiger partial charge is 0.254 e. The first-order chi connectivity index (χ1) is 14.4. The molecule has 0 aliphatic carbocycles. The molecule has 0 saturated heterocycles. The molecule has 0 bridgehead atoms. The van der Waals surface area contributed by atoms with E-state index in [-0.39, 0.29) is 5.56 Å². The van der Waals surface area contributed by atoms with Crippen molar-refractivity contribution in [1.82, 2.24) is 5.32 Å². The van der Waals surface area contributed by atoms with Gasteiger partial charge in [0.2, 0.25) is 0 Å². The molecular formula is C23H18F2N2O3. The van der Waals surface area contributed by atoms with Crippen LogP contribution in [0.5, 0.6) is 0 Å².